The van der Waals surface area contributed by atoms with Crippen LogP contribution in [0.1, 0.15) is 96.6 Å². The summed E-state index contributed by atoms with van der Waals surface area (Å²) in [6.07, 6.45) is 8.74. The molecule has 1 saturated carbocycles. The molecule has 0 aromatic heterocycles. The molecule has 2 heterocycles. The molecule has 47 heavy (non-hydrogen) atoms. The molecule has 7 N–H and O–H groups in total. The van der Waals surface area contributed by atoms with Gasteiger partial charge in [-0.25, -0.2) is 10.2 Å². The highest BCUT2D eigenvalue weighted by Crippen LogP contribution is 2.45. The zero-order valence-corrected chi connectivity index (χ0v) is 27.9. The highest BCUT2D eigenvalue weighted by atomic mass is 16.4. The summed E-state index contributed by atoms with van der Waals surface area (Å²) in [5, 5.41) is 27.9. The van der Waals surface area contributed by atoms with Gasteiger partial charge in [0, 0.05) is 29.9 Å². The molecule has 1 aromatic carbocycles. The SMILES string of the molecule is CCCCC(C)C.C[C@@H](CC(=O)O)C(=O)NC1CCc2cccc3c2N(C1=C1CCC1)C(C(=O)NC(/C=N/NC(N)=O)CC(=O)O)C3. The number of allylic oxidation sites excluding steroid dienone is 1. The van der Waals surface area contributed by atoms with Crippen LogP contribution in [0.2, 0.25) is 0 Å². The summed E-state index contributed by atoms with van der Waals surface area (Å²) in [7, 11) is 0. The van der Waals surface area contributed by atoms with Crippen molar-refractivity contribution < 1.29 is 34.2 Å². The Bertz CT molecular complexity index is 1370. The number of hydrogen-bond donors (Lipinski definition) is 6. The number of aryl methyl sites for hydroxylation is 1. The summed E-state index contributed by atoms with van der Waals surface area (Å²) in [5.41, 5.74) is 11.9. The summed E-state index contributed by atoms with van der Waals surface area (Å²) >= 11 is 0. The van der Waals surface area contributed by atoms with Crippen LogP contribution < -0.4 is 26.7 Å². The molecule has 3 aliphatic rings. The van der Waals surface area contributed by atoms with Gasteiger partial charge in [-0.05, 0) is 54.7 Å². The van der Waals surface area contributed by atoms with Crippen LogP contribution in [0.25, 0.3) is 0 Å². The lowest BCUT2D eigenvalue weighted by molar-refractivity contribution is -0.141. The van der Waals surface area contributed by atoms with Gasteiger partial charge in [-0.2, -0.15) is 5.10 Å². The van der Waals surface area contributed by atoms with Crippen LogP contribution in [0.3, 0.4) is 0 Å². The Hall–Kier alpha value is -4.42. The molecule has 1 aliphatic carbocycles. The lowest BCUT2D eigenvalue weighted by atomic mass is 9.86. The summed E-state index contributed by atoms with van der Waals surface area (Å²) < 4.78 is 0. The van der Waals surface area contributed by atoms with Gasteiger partial charge in [0.25, 0.3) is 0 Å². The van der Waals surface area contributed by atoms with Gasteiger partial charge in [0.2, 0.25) is 11.8 Å². The lowest BCUT2D eigenvalue weighted by Crippen LogP contribution is -2.53. The highest BCUT2D eigenvalue weighted by Gasteiger charge is 2.44. The zero-order valence-electron chi connectivity index (χ0n) is 27.9. The van der Waals surface area contributed by atoms with E-state index in [2.05, 4.69) is 36.5 Å². The first-order valence-corrected chi connectivity index (χ1v) is 16.6. The third kappa shape index (κ3) is 10.5. The minimum absolute atomic E-state index is 0.291. The summed E-state index contributed by atoms with van der Waals surface area (Å²) in [6.45, 7) is 8.36. The number of unbranched alkanes of at least 4 members (excludes halogenated alkanes) is 1. The fourth-order valence-corrected chi connectivity index (χ4v) is 6.13. The third-order valence-electron chi connectivity index (χ3n) is 8.61. The number of benzene rings is 1. The van der Waals surface area contributed by atoms with E-state index >= 15 is 0 Å². The number of primary amides is 1. The van der Waals surface area contributed by atoms with Crippen LogP contribution in [-0.2, 0) is 32.0 Å². The predicted octanol–water partition coefficient (Wildman–Crippen LogP) is 3.84. The standard InChI is InChI=1S/C27H34N6O7.C7H16/c1-14(10-21(34)35)25(38)31-19-9-8-16-6-3-7-17-11-20(33(23(16)17)24(19)15-4-2-5-15)26(39)30-18(12-22(36)37)13-29-32-27(28)40;1-4-5-6-7(2)3/h3,6-7,13-14,18-20H,2,4-5,8-12H2,1H3,(H,30,39)(H,31,38)(H,34,35)(H,36,37)(H3,28,32,40);7H,4-6H2,1-3H3/b29-13+;/t14-,18?,19?,20?;/m0./s1. The predicted molar refractivity (Wildman–Crippen MR) is 179 cm³/mol. The number of carboxylic acid groups (broad SMARTS) is 2. The van der Waals surface area contributed by atoms with Crippen molar-refractivity contribution in [3.8, 4) is 0 Å². The van der Waals surface area contributed by atoms with Gasteiger partial charge in [0.05, 0.1) is 24.9 Å². The molecule has 1 fully saturated rings. The van der Waals surface area contributed by atoms with Crippen molar-refractivity contribution in [1.82, 2.24) is 16.1 Å². The first kappa shape index (κ1) is 37.0. The molecule has 4 rings (SSSR count). The zero-order chi connectivity index (χ0) is 34.7. The first-order chi connectivity index (χ1) is 22.3. The fraction of sp³-hybridized carbons (Fsp3) is 0.588. The molecule has 0 bridgehead atoms. The van der Waals surface area contributed by atoms with Gasteiger partial charge in [-0.15, -0.1) is 0 Å². The van der Waals surface area contributed by atoms with Gasteiger partial charge >= 0.3 is 18.0 Å². The van der Waals surface area contributed by atoms with Crippen LogP contribution in [0.5, 0.6) is 0 Å². The molecule has 3 unspecified atom stereocenters. The molecule has 0 saturated heterocycles. The van der Waals surface area contributed by atoms with Gasteiger partial charge in [0.1, 0.15) is 6.04 Å². The first-order valence-electron chi connectivity index (χ1n) is 16.6. The van der Waals surface area contributed by atoms with Crippen LogP contribution in [-0.4, -0.2) is 64.3 Å². The number of hydrogen-bond acceptors (Lipinski definition) is 7. The number of amides is 4. The lowest BCUT2D eigenvalue weighted by Gasteiger charge is -2.37. The maximum absolute atomic E-state index is 13.8. The van der Waals surface area contributed by atoms with Crippen molar-refractivity contribution in [2.75, 3.05) is 4.90 Å². The molecule has 4 amide bonds. The number of rotatable bonds is 13. The van der Waals surface area contributed by atoms with Gasteiger partial charge in [0.15, 0.2) is 0 Å². The molecule has 258 valence electrons. The minimum atomic E-state index is -1.17. The molecule has 4 atom stereocenters. The molecule has 0 radical (unpaired) electrons. The number of nitrogens with two attached hydrogens (primary N) is 1. The largest absolute Gasteiger partial charge is 0.481 e. The monoisotopic (exact) mass is 654 g/mol. The maximum Gasteiger partial charge on any atom is 0.332 e. The average Bonchev–Trinajstić information content (AvgIpc) is 3.28. The van der Waals surface area contributed by atoms with E-state index in [1.54, 1.807) is 6.92 Å². The van der Waals surface area contributed by atoms with Crippen molar-refractivity contribution >= 4 is 41.7 Å². The van der Waals surface area contributed by atoms with Crippen molar-refractivity contribution in [1.29, 1.82) is 0 Å². The molecule has 13 heteroatoms. The Kier molecular flexibility index (Phi) is 13.8. The topological polar surface area (TPSA) is 204 Å². The van der Waals surface area contributed by atoms with Gasteiger partial charge in [-0.1, -0.05) is 65.2 Å². The summed E-state index contributed by atoms with van der Waals surface area (Å²) in [5.74, 6) is -2.84. The quantitative estimate of drug-likeness (QED) is 0.136. The van der Waals surface area contributed by atoms with Crippen molar-refractivity contribution in [2.45, 2.75) is 116 Å². The Balaban J connectivity index is 0.000000771. The van der Waals surface area contributed by atoms with Gasteiger partial charge < -0.3 is 31.5 Å². The Morgan fingerprint density at radius 1 is 1.04 bits per heavy atom. The van der Waals surface area contributed by atoms with E-state index in [0.29, 0.717) is 19.3 Å². The number of hydrazone groups is 1. The fourth-order valence-electron chi connectivity index (χ4n) is 6.13. The second-order valence-electron chi connectivity index (χ2n) is 13.0. The molecule has 2 aliphatic heterocycles. The Morgan fingerprint density at radius 3 is 2.28 bits per heavy atom. The number of aliphatic carboxylic acids is 2. The second kappa shape index (κ2) is 17.5. The minimum Gasteiger partial charge on any atom is -0.481 e. The smallest absolute Gasteiger partial charge is 0.332 e. The van der Waals surface area contributed by atoms with E-state index in [1.807, 2.05) is 28.5 Å². The van der Waals surface area contributed by atoms with E-state index in [0.717, 1.165) is 59.5 Å². The number of carbonyl (C=O) groups excluding carboxylic acids is 3. The van der Waals surface area contributed by atoms with Crippen molar-refractivity contribution in [3.63, 3.8) is 0 Å². The Labute approximate surface area is 276 Å². The summed E-state index contributed by atoms with van der Waals surface area (Å²) in [4.78, 5) is 62.4. The van der Waals surface area contributed by atoms with Crippen molar-refractivity contribution in [2.24, 2.45) is 22.7 Å². The second-order valence-corrected chi connectivity index (χ2v) is 13.0. The van der Waals surface area contributed by atoms with Crippen LogP contribution >= 0.6 is 0 Å². The van der Waals surface area contributed by atoms with Crippen LogP contribution in [0.15, 0.2) is 34.6 Å². The average molecular weight is 655 g/mol. The van der Waals surface area contributed by atoms with Crippen molar-refractivity contribution in [3.05, 3.63) is 40.6 Å². The summed E-state index contributed by atoms with van der Waals surface area (Å²) in [6, 6.07) is 2.81. The normalized spacial score (nSPS) is 19.5. The Morgan fingerprint density at radius 2 is 1.72 bits per heavy atom. The van der Waals surface area contributed by atoms with E-state index < -0.39 is 54.3 Å². The van der Waals surface area contributed by atoms with E-state index in [1.165, 1.54) is 19.3 Å². The number of nitrogens with zero attached hydrogens (tertiary/aromatic N) is 2. The number of para-hydroxylation sites is 1. The molecular weight excluding hydrogens is 604 g/mol. The van der Waals surface area contributed by atoms with Crippen LogP contribution in [0, 0.1) is 11.8 Å². The number of carboxylic acids is 2. The van der Waals surface area contributed by atoms with Crippen LogP contribution in [0.4, 0.5) is 10.5 Å². The highest BCUT2D eigenvalue weighted by molar-refractivity contribution is 5.93. The molecule has 1 aromatic rings. The molecular formula is C34H50N6O7. The number of nitrogens with one attached hydrogen (secondary N) is 3. The van der Waals surface area contributed by atoms with E-state index in [9.17, 15) is 29.1 Å². The number of carbonyl (C=O) groups is 5. The maximum atomic E-state index is 13.8. The number of anilines is 1. The molecule has 13 nitrogen and oxygen atoms in total. The van der Waals surface area contributed by atoms with E-state index in [4.69, 9.17) is 10.8 Å². The number of urea groups is 1. The molecule has 0 spiro atoms. The van der Waals surface area contributed by atoms with Gasteiger partial charge in [-0.3, -0.25) is 19.2 Å². The third-order valence-corrected chi connectivity index (χ3v) is 8.61. The van der Waals surface area contributed by atoms with E-state index in [-0.39, 0.29) is 12.3 Å².